The first-order chi connectivity index (χ1) is 8.95. The van der Waals surface area contributed by atoms with Crippen molar-refractivity contribution < 1.29 is 13.5 Å². The summed E-state index contributed by atoms with van der Waals surface area (Å²) in [5.74, 6) is 0. The Kier molecular flexibility index (Phi) is 5.42. The summed E-state index contributed by atoms with van der Waals surface area (Å²) in [5, 5.41) is 17.8. The van der Waals surface area contributed by atoms with Crippen LogP contribution in [0.5, 0.6) is 0 Å². The van der Waals surface area contributed by atoms with Gasteiger partial charge in [-0.2, -0.15) is 9.57 Å². The summed E-state index contributed by atoms with van der Waals surface area (Å²) in [6, 6.07) is 4.38. The highest BCUT2D eigenvalue weighted by Crippen LogP contribution is 2.20. The van der Waals surface area contributed by atoms with Gasteiger partial charge in [-0.15, -0.1) is 0 Å². The van der Waals surface area contributed by atoms with Crippen LogP contribution >= 0.6 is 0 Å². The highest BCUT2D eigenvalue weighted by molar-refractivity contribution is 7.89. The van der Waals surface area contributed by atoms with Gasteiger partial charge < -0.3 is 5.11 Å². The van der Waals surface area contributed by atoms with Crippen molar-refractivity contribution in [1.82, 2.24) is 9.29 Å². The van der Waals surface area contributed by atoms with Crippen molar-refractivity contribution in [2.45, 2.75) is 31.2 Å². The van der Waals surface area contributed by atoms with Crippen LogP contribution in [0.1, 0.15) is 26.0 Å². The number of hydrogen-bond acceptors (Lipinski definition) is 5. The van der Waals surface area contributed by atoms with E-state index in [0.717, 1.165) is 0 Å². The molecule has 19 heavy (non-hydrogen) atoms. The van der Waals surface area contributed by atoms with Gasteiger partial charge in [-0.25, -0.2) is 13.4 Å². The zero-order valence-electron chi connectivity index (χ0n) is 10.9. The lowest BCUT2D eigenvalue weighted by Gasteiger charge is -2.25. The minimum atomic E-state index is -3.78. The van der Waals surface area contributed by atoms with E-state index in [1.165, 1.54) is 22.6 Å². The highest BCUT2D eigenvalue weighted by Gasteiger charge is 2.29. The molecular weight excluding hydrogens is 266 g/mol. The highest BCUT2D eigenvalue weighted by atomic mass is 32.2. The predicted molar refractivity (Wildman–Crippen MR) is 69.7 cm³/mol. The quantitative estimate of drug-likeness (QED) is 0.830. The Hall–Kier alpha value is -1.49. The summed E-state index contributed by atoms with van der Waals surface area (Å²) < 4.78 is 26.3. The van der Waals surface area contributed by atoms with Crippen LogP contribution in [0.15, 0.2) is 23.2 Å². The molecule has 0 amide bonds. The molecule has 1 N–H and O–H groups in total. The molecule has 0 saturated carbocycles. The number of hydrogen-bond donors (Lipinski definition) is 1. The molecule has 7 heteroatoms. The van der Waals surface area contributed by atoms with Gasteiger partial charge in [0.25, 0.3) is 0 Å². The smallest absolute Gasteiger partial charge is 0.246 e. The molecule has 0 spiro atoms. The van der Waals surface area contributed by atoms with E-state index >= 15 is 0 Å². The van der Waals surface area contributed by atoms with Crippen LogP contribution in [0.25, 0.3) is 0 Å². The van der Waals surface area contributed by atoms with E-state index in [1.54, 1.807) is 19.9 Å². The Balaban J connectivity index is 3.24. The number of rotatable bonds is 6. The number of nitriles is 1. The zero-order valence-corrected chi connectivity index (χ0v) is 11.8. The lowest BCUT2D eigenvalue weighted by Crippen LogP contribution is -2.38. The second-order valence-electron chi connectivity index (χ2n) is 4.25. The maximum atomic E-state index is 12.5. The van der Waals surface area contributed by atoms with Crippen molar-refractivity contribution in [2.24, 2.45) is 0 Å². The fraction of sp³-hybridized carbons (Fsp3) is 0.500. The first-order valence-electron chi connectivity index (χ1n) is 5.93. The molecule has 0 aromatic carbocycles. The van der Waals surface area contributed by atoms with E-state index < -0.39 is 10.0 Å². The molecule has 0 aliphatic heterocycles. The van der Waals surface area contributed by atoms with Crippen molar-refractivity contribution in [2.75, 3.05) is 13.2 Å². The van der Waals surface area contributed by atoms with Gasteiger partial charge in [0.2, 0.25) is 10.0 Å². The maximum absolute atomic E-state index is 12.5. The zero-order chi connectivity index (χ0) is 14.5. The van der Waals surface area contributed by atoms with Crippen molar-refractivity contribution in [1.29, 1.82) is 5.26 Å². The second kappa shape index (κ2) is 6.61. The second-order valence-corrected chi connectivity index (χ2v) is 6.11. The Morgan fingerprint density at radius 3 is 2.74 bits per heavy atom. The molecule has 0 atom stereocenters. The van der Waals surface area contributed by atoms with Crippen LogP contribution in [0.3, 0.4) is 0 Å². The third-order valence-corrected chi connectivity index (χ3v) is 4.68. The van der Waals surface area contributed by atoms with E-state index in [0.29, 0.717) is 6.42 Å². The van der Waals surface area contributed by atoms with Gasteiger partial charge in [0.1, 0.15) is 11.0 Å². The van der Waals surface area contributed by atoms with Crippen LogP contribution < -0.4 is 0 Å². The molecule has 1 aromatic rings. The number of aliphatic hydroxyl groups excluding tert-OH is 1. The van der Waals surface area contributed by atoms with Crippen molar-refractivity contribution >= 4 is 10.0 Å². The van der Waals surface area contributed by atoms with E-state index in [1.807, 2.05) is 0 Å². The standard InChI is InChI=1S/C12H17N3O3S/c1-10(2)15(7-4-8-16)19(17,18)12-5-3-6-14-11(12)9-13/h3,5-6,10,16H,4,7-8H2,1-2H3. The van der Waals surface area contributed by atoms with Crippen molar-refractivity contribution in [3.05, 3.63) is 24.0 Å². The van der Waals surface area contributed by atoms with Crippen LogP contribution in [0.2, 0.25) is 0 Å². The van der Waals surface area contributed by atoms with Crippen LogP contribution in [0, 0.1) is 11.3 Å². The van der Waals surface area contributed by atoms with Gasteiger partial charge in [0, 0.05) is 25.4 Å². The van der Waals surface area contributed by atoms with E-state index in [4.69, 9.17) is 10.4 Å². The third-order valence-electron chi connectivity index (χ3n) is 2.58. The molecule has 0 fully saturated rings. The Labute approximate surface area is 113 Å². The molecular formula is C12H17N3O3S. The van der Waals surface area contributed by atoms with Crippen molar-refractivity contribution in [3.8, 4) is 6.07 Å². The summed E-state index contributed by atoms with van der Waals surface area (Å²) in [6.45, 7) is 3.61. The number of aromatic nitrogens is 1. The molecule has 104 valence electrons. The van der Waals surface area contributed by atoms with E-state index in [-0.39, 0.29) is 29.8 Å². The number of sulfonamides is 1. The third kappa shape index (κ3) is 3.50. The lowest BCUT2D eigenvalue weighted by atomic mass is 10.3. The minimum absolute atomic E-state index is 0.0864. The largest absolute Gasteiger partial charge is 0.396 e. The summed E-state index contributed by atoms with van der Waals surface area (Å²) in [6.07, 6.45) is 1.73. The molecule has 0 bridgehead atoms. The molecule has 1 aromatic heterocycles. The lowest BCUT2D eigenvalue weighted by molar-refractivity contribution is 0.258. The fourth-order valence-electron chi connectivity index (χ4n) is 1.69. The Morgan fingerprint density at radius 2 is 2.21 bits per heavy atom. The van der Waals surface area contributed by atoms with Gasteiger partial charge in [-0.1, -0.05) is 0 Å². The number of aliphatic hydroxyl groups is 1. The first-order valence-corrected chi connectivity index (χ1v) is 7.37. The Bertz CT molecular complexity index is 564. The van der Waals surface area contributed by atoms with Gasteiger partial charge in [0.15, 0.2) is 5.69 Å². The Morgan fingerprint density at radius 1 is 1.53 bits per heavy atom. The molecule has 0 aliphatic carbocycles. The molecule has 6 nitrogen and oxygen atoms in total. The van der Waals surface area contributed by atoms with Gasteiger partial charge in [-0.3, -0.25) is 0 Å². The van der Waals surface area contributed by atoms with Gasteiger partial charge >= 0.3 is 0 Å². The molecule has 1 heterocycles. The van der Waals surface area contributed by atoms with Crippen LogP contribution in [-0.4, -0.2) is 42.0 Å². The summed E-state index contributed by atoms with van der Waals surface area (Å²) in [5.41, 5.74) is -0.114. The molecule has 0 saturated heterocycles. The summed E-state index contributed by atoms with van der Waals surface area (Å²) in [7, 11) is -3.78. The van der Waals surface area contributed by atoms with E-state index in [2.05, 4.69) is 4.98 Å². The van der Waals surface area contributed by atoms with Crippen LogP contribution in [0.4, 0.5) is 0 Å². The average molecular weight is 283 g/mol. The predicted octanol–water partition coefficient (Wildman–Crippen LogP) is 0.735. The SMILES string of the molecule is CC(C)N(CCCO)S(=O)(=O)c1cccnc1C#N. The van der Waals surface area contributed by atoms with Gasteiger partial charge in [0.05, 0.1) is 0 Å². The fourth-order valence-corrected chi connectivity index (χ4v) is 3.46. The van der Waals surface area contributed by atoms with Crippen LogP contribution in [-0.2, 0) is 10.0 Å². The average Bonchev–Trinajstić information content (AvgIpc) is 2.38. The normalized spacial score (nSPS) is 11.8. The monoisotopic (exact) mass is 283 g/mol. The minimum Gasteiger partial charge on any atom is -0.396 e. The molecule has 0 unspecified atom stereocenters. The molecule has 0 aliphatic rings. The maximum Gasteiger partial charge on any atom is 0.246 e. The molecule has 1 rings (SSSR count). The summed E-state index contributed by atoms with van der Waals surface area (Å²) in [4.78, 5) is 3.68. The van der Waals surface area contributed by atoms with Crippen molar-refractivity contribution in [3.63, 3.8) is 0 Å². The molecule has 0 radical (unpaired) electrons. The topological polar surface area (TPSA) is 94.3 Å². The van der Waals surface area contributed by atoms with E-state index in [9.17, 15) is 8.42 Å². The summed E-state index contributed by atoms with van der Waals surface area (Å²) >= 11 is 0. The first kappa shape index (κ1) is 15.6. The number of pyridine rings is 1. The van der Waals surface area contributed by atoms with Gasteiger partial charge in [-0.05, 0) is 32.4 Å². The number of nitrogens with zero attached hydrogens (tertiary/aromatic N) is 3.